The number of benzene rings is 2. The normalized spacial score (nSPS) is 11.1. The van der Waals surface area contributed by atoms with Gasteiger partial charge in [0.1, 0.15) is 22.6 Å². The fourth-order valence-corrected chi connectivity index (χ4v) is 3.36. The molecule has 0 saturated carbocycles. The second-order valence-electron chi connectivity index (χ2n) is 6.90. The summed E-state index contributed by atoms with van der Waals surface area (Å²) in [7, 11) is 0. The van der Waals surface area contributed by atoms with Crippen molar-refractivity contribution in [3.63, 3.8) is 0 Å². The van der Waals surface area contributed by atoms with Crippen LogP contribution in [0.5, 0.6) is 5.75 Å². The highest BCUT2D eigenvalue weighted by molar-refractivity contribution is 6.09. The number of esters is 1. The molecular weight excluding hydrogens is 380 g/mol. The second kappa shape index (κ2) is 8.41. The molecule has 0 radical (unpaired) electrons. The van der Waals surface area contributed by atoms with Crippen LogP contribution in [0.4, 0.5) is 5.82 Å². The zero-order valence-corrected chi connectivity index (χ0v) is 17.1. The Hall–Kier alpha value is -3.61. The van der Waals surface area contributed by atoms with Gasteiger partial charge < -0.3 is 15.2 Å². The predicted octanol–water partition coefficient (Wildman–Crippen LogP) is 4.51. The van der Waals surface area contributed by atoms with E-state index >= 15 is 0 Å². The monoisotopic (exact) mass is 404 g/mol. The molecule has 4 aromatic rings. The quantitative estimate of drug-likeness (QED) is 0.360. The van der Waals surface area contributed by atoms with Crippen molar-refractivity contribution in [3.8, 4) is 11.4 Å². The molecule has 0 aliphatic rings. The molecule has 0 bridgehead atoms. The number of rotatable bonds is 7. The topological polar surface area (TPSA) is 92.3 Å². The molecule has 0 spiro atoms. The van der Waals surface area contributed by atoms with Crippen molar-refractivity contribution in [2.45, 2.75) is 26.7 Å². The van der Waals surface area contributed by atoms with Crippen LogP contribution >= 0.6 is 0 Å². The van der Waals surface area contributed by atoms with Gasteiger partial charge in [-0.1, -0.05) is 25.5 Å². The maximum Gasteiger partial charge on any atom is 0.344 e. The molecule has 7 heteroatoms. The van der Waals surface area contributed by atoms with Gasteiger partial charge in [-0.05, 0) is 49.7 Å². The summed E-state index contributed by atoms with van der Waals surface area (Å²) < 4.78 is 12.7. The molecule has 0 unspecified atom stereocenters. The smallest absolute Gasteiger partial charge is 0.344 e. The first kappa shape index (κ1) is 19.7. The summed E-state index contributed by atoms with van der Waals surface area (Å²) in [6.07, 6.45) is 1.72. The molecule has 0 aliphatic heterocycles. The van der Waals surface area contributed by atoms with Crippen LogP contribution in [0.3, 0.4) is 0 Å². The molecule has 0 amide bonds. The van der Waals surface area contributed by atoms with Gasteiger partial charge in [-0.25, -0.2) is 14.8 Å². The third kappa shape index (κ3) is 3.54. The van der Waals surface area contributed by atoms with E-state index in [-0.39, 0.29) is 11.4 Å². The Morgan fingerprint density at radius 2 is 1.73 bits per heavy atom. The summed E-state index contributed by atoms with van der Waals surface area (Å²) in [6.45, 7) is 4.89. The molecule has 30 heavy (non-hydrogen) atoms. The minimum atomic E-state index is -0.486. The van der Waals surface area contributed by atoms with E-state index in [1.165, 1.54) is 0 Å². The maximum atomic E-state index is 12.9. The summed E-state index contributed by atoms with van der Waals surface area (Å²) >= 11 is 0. The van der Waals surface area contributed by atoms with Crippen LogP contribution in [0.25, 0.3) is 27.9 Å². The molecular formula is C23H24N4O3. The van der Waals surface area contributed by atoms with Gasteiger partial charge in [-0.15, -0.1) is 0 Å². The molecule has 2 aromatic carbocycles. The van der Waals surface area contributed by atoms with E-state index in [1.807, 2.05) is 62.4 Å². The fourth-order valence-electron chi connectivity index (χ4n) is 3.36. The van der Waals surface area contributed by atoms with Crippen molar-refractivity contribution in [2.75, 3.05) is 18.9 Å². The summed E-state index contributed by atoms with van der Waals surface area (Å²) in [6, 6.07) is 15.0. The van der Waals surface area contributed by atoms with Crippen LogP contribution in [-0.4, -0.2) is 33.7 Å². The van der Waals surface area contributed by atoms with Gasteiger partial charge in [0.25, 0.3) is 0 Å². The molecule has 0 saturated heterocycles. The number of nitrogen functional groups attached to an aromatic ring is 1. The van der Waals surface area contributed by atoms with Crippen molar-refractivity contribution in [1.82, 2.24) is 14.5 Å². The van der Waals surface area contributed by atoms with Gasteiger partial charge in [0.2, 0.25) is 0 Å². The van der Waals surface area contributed by atoms with Gasteiger partial charge >= 0.3 is 5.97 Å². The van der Waals surface area contributed by atoms with E-state index < -0.39 is 5.97 Å². The molecule has 2 aromatic heterocycles. The summed E-state index contributed by atoms with van der Waals surface area (Å²) in [4.78, 5) is 22.3. The largest absolute Gasteiger partial charge is 0.494 e. The summed E-state index contributed by atoms with van der Waals surface area (Å²) in [5.41, 5.74) is 9.83. The number of fused-ring (bicyclic) bond motifs is 2. The van der Waals surface area contributed by atoms with Crippen LogP contribution in [0.15, 0.2) is 48.5 Å². The summed E-state index contributed by atoms with van der Waals surface area (Å²) in [5.74, 6) is 0.526. The number of carbonyl (C=O) groups is 1. The number of nitrogens with zero attached hydrogens (tertiary/aromatic N) is 3. The lowest BCUT2D eigenvalue weighted by molar-refractivity contribution is 0.0503. The number of carbonyl (C=O) groups excluding carboxylic acids is 1. The number of hydrogen-bond acceptors (Lipinski definition) is 6. The van der Waals surface area contributed by atoms with E-state index in [2.05, 4.69) is 0 Å². The molecule has 2 heterocycles. The second-order valence-corrected chi connectivity index (χ2v) is 6.90. The highest BCUT2D eigenvalue weighted by Gasteiger charge is 2.25. The maximum absolute atomic E-state index is 12.9. The first-order valence-electron chi connectivity index (χ1n) is 10.1. The molecule has 154 valence electrons. The van der Waals surface area contributed by atoms with Crippen molar-refractivity contribution >= 4 is 34.0 Å². The standard InChI is InChI=1S/C23H24N4O3/c1-3-5-14-30-23(28)19-20-22(26-18-9-7-6-8-17(18)25-20)27(21(19)24)15-10-12-16(13-11-15)29-4-2/h6-13H,3-5,14,24H2,1-2H3. The Balaban J connectivity index is 1.91. The van der Waals surface area contributed by atoms with E-state index in [9.17, 15) is 4.79 Å². The Morgan fingerprint density at radius 1 is 1.03 bits per heavy atom. The first-order valence-corrected chi connectivity index (χ1v) is 10.1. The molecule has 7 nitrogen and oxygen atoms in total. The number of nitrogens with two attached hydrogens (primary N) is 1. The molecule has 0 atom stereocenters. The van der Waals surface area contributed by atoms with Crippen molar-refractivity contribution in [3.05, 3.63) is 54.1 Å². The minimum absolute atomic E-state index is 0.244. The molecule has 2 N–H and O–H groups in total. The highest BCUT2D eigenvalue weighted by Crippen LogP contribution is 2.32. The van der Waals surface area contributed by atoms with Crippen LogP contribution in [0, 0.1) is 0 Å². The predicted molar refractivity (Wildman–Crippen MR) is 117 cm³/mol. The number of hydrogen-bond donors (Lipinski definition) is 1. The zero-order valence-electron chi connectivity index (χ0n) is 17.1. The SMILES string of the molecule is CCCCOC(=O)c1c(N)n(-c2ccc(OCC)cc2)c2nc3ccccc3nc12. The lowest BCUT2D eigenvalue weighted by atomic mass is 10.2. The number of aromatic nitrogens is 3. The van der Waals surface area contributed by atoms with E-state index in [1.54, 1.807) is 4.57 Å². The van der Waals surface area contributed by atoms with Crippen LogP contribution < -0.4 is 10.5 Å². The Kier molecular flexibility index (Phi) is 5.52. The van der Waals surface area contributed by atoms with Gasteiger partial charge in [-0.3, -0.25) is 4.57 Å². The third-order valence-corrected chi connectivity index (χ3v) is 4.84. The number of unbranched alkanes of at least 4 members (excludes halogenated alkanes) is 1. The number of anilines is 1. The lowest BCUT2D eigenvalue weighted by Crippen LogP contribution is -2.10. The highest BCUT2D eigenvalue weighted by atomic mass is 16.5. The third-order valence-electron chi connectivity index (χ3n) is 4.84. The van der Waals surface area contributed by atoms with Crippen LogP contribution in [-0.2, 0) is 4.74 Å². The first-order chi connectivity index (χ1) is 14.6. The Bertz CT molecular complexity index is 1200. The van der Waals surface area contributed by atoms with Gasteiger partial charge in [0.15, 0.2) is 5.65 Å². The van der Waals surface area contributed by atoms with E-state index in [0.29, 0.717) is 29.9 Å². The fraction of sp³-hybridized carbons (Fsp3) is 0.261. The van der Waals surface area contributed by atoms with E-state index in [4.69, 9.17) is 25.2 Å². The Labute approximate surface area is 174 Å². The van der Waals surface area contributed by atoms with Crippen molar-refractivity contribution in [1.29, 1.82) is 0 Å². The number of para-hydroxylation sites is 2. The van der Waals surface area contributed by atoms with Crippen LogP contribution in [0.1, 0.15) is 37.0 Å². The average molecular weight is 404 g/mol. The van der Waals surface area contributed by atoms with Crippen molar-refractivity contribution < 1.29 is 14.3 Å². The average Bonchev–Trinajstić information content (AvgIpc) is 3.04. The molecule has 0 fully saturated rings. The Morgan fingerprint density at radius 3 is 2.40 bits per heavy atom. The molecule has 4 rings (SSSR count). The summed E-state index contributed by atoms with van der Waals surface area (Å²) in [5, 5.41) is 0. The van der Waals surface area contributed by atoms with Crippen LogP contribution in [0.2, 0.25) is 0 Å². The molecule has 0 aliphatic carbocycles. The zero-order chi connectivity index (χ0) is 21.1. The lowest BCUT2D eigenvalue weighted by Gasteiger charge is -2.09. The van der Waals surface area contributed by atoms with Gasteiger partial charge in [-0.2, -0.15) is 0 Å². The van der Waals surface area contributed by atoms with Gasteiger partial charge in [0, 0.05) is 5.69 Å². The van der Waals surface area contributed by atoms with Crippen molar-refractivity contribution in [2.24, 2.45) is 0 Å². The number of ether oxygens (including phenoxy) is 2. The van der Waals surface area contributed by atoms with Gasteiger partial charge in [0.05, 0.1) is 24.2 Å². The minimum Gasteiger partial charge on any atom is -0.494 e. The van der Waals surface area contributed by atoms with E-state index in [0.717, 1.165) is 29.8 Å².